The molecule has 6 heteroatoms. The number of rotatable bonds is 5. The zero-order valence-corrected chi connectivity index (χ0v) is 13.4. The van der Waals surface area contributed by atoms with Gasteiger partial charge >= 0.3 is 12.1 Å². The van der Waals surface area contributed by atoms with Crippen LogP contribution in [0, 0.1) is 5.41 Å². The van der Waals surface area contributed by atoms with Crippen molar-refractivity contribution in [2.45, 2.75) is 26.2 Å². The number of ether oxygens (including phenoxy) is 3. The quantitative estimate of drug-likeness (QED) is 0.659. The Bertz CT molecular complexity index is 673. The first-order chi connectivity index (χ1) is 11.6. The van der Waals surface area contributed by atoms with Gasteiger partial charge in [0, 0.05) is 5.71 Å². The zero-order chi connectivity index (χ0) is 17.4. The fourth-order valence-electron chi connectivity index (χ4n) is 2.05. The molecule has 0 amide bonds. The van der Waals surface area contributed by atoms with E-state index in [-0.39, 0.29) is 12.4 Å². The van der Waals surface area contributed by atoms with E-state index in [4.69, 9.17) is 19.6 Å². The summed E-state index contributed by atoms with van der Waals surface area (Å²) in [5.74, 6) is 0.378. The second-order valence-corrected chi connectivity index (χ2v) is 5.08. The largest absolute Gasteiger partial charge is 0.519 e. The number of nitrogens with one attached hydrogen (secondary N) is 1. The van der Waals surface area contributed by atoms with Gasteiger partial charge in [-0.15, -0.1) is 0 Å². The number of carbonyl (C=O) groups is 2. The van der Waals surface area contributed by atoms with Gasteiger partial charge in [0.15, 0.2) is 0 Å². The summed E-state index contributed by atoms with van der Waals surface area (Å²) in [6, 6.07) is 6.54. The molecule has 0 saturated carbocycles. The summed E-state index contributed by atoms with van der Waals surface area (Å²) in [6.45, 7) is 2.10. The Morgan fingerprint density at radius 1 is 1.12 bits per heavy atom. The summed E-state index contributed by atoms with van der Waals surface area (Å²) < 4.78 is 15.1. The standard InChI is InChI=1S/C18H19NO5/c1-2-22-17(20)12-13-6-9-16(10-7-13)24-18(21)23-15-5-3-4-14(19)8-11-15/h5-11,19H,2-4,12H2,1H3. The summed E-state index contributed by atoms with van der Waals surface area (Å²) in [5.41, 5.74) is 1.25. The van der Waals surface area contributed by atoms with E-state index in [0.29, 0.717) is 36.7 Å². The number of benzene rings is 1. The van der Waals surface area contributed by atoms with E-state index >= 15 is 0 Å². The van der Waals surface area contributed by atoms with E-state index in [1.165, 1.54) is 0 Å². The first-order valence-electron chi connectivity index (χ1n) is 7.66. The van der Waals surface area contributed by atoms with Crippen LogP contribution in [0.2, 0.25) is 0 Å². The summed E-state index contributed by atoms with van der Waals surface area (Å²) in [4.78, 5) is 23.2. The molecule has 1 N–H and O–H groups in total. The predicted molar refractivity (Wildman–Crippen MR) is 88.1 cm³/mol. The molecule has 1 aromatic carbocycles. The predicted octanol–water partition coefficient (Wildman–Crippen LogP) is 3.56. The van der Waals surface area contributed by atoms with Crippen molar-refractivity contribution >= 4 is 17.8 Å². The van der Waals surface area contributed by atoms with E-state index in [1.807, 2.05) is 0 Å². The second-order valence-electron chi connectivity index (χ2n) is 5.08. The topological polar surface area (TPSA) is 85.7 Å². The van der Waals surface area contributed by atoms with Gasteiger partial charge in [-0.25, -0.2) is 4.79 Å². The SMILES string of the molecule is CCOC(=O)Cc1ccc(OC(=O)OC2=CCCC(=N)C=C2)cc1. The fraction of sp³-hybridized carbons (Fsp3) is 0.278. The molecule has 1 aliphatic rings. The van der Waals surface area contributed by atoms with Crippen LogP contribution >= 0.6 is 0 Å². The second kappa shape index (κ2) is 8.67. The minimum absolute atomic E-state index is 0.169. The Kier molecular flexibility index (Phi) is 6.31. The van der Waals surface area contributed by atoms with Crippen molar-refractivity contribution in [3.05, 3.63) is 53.8 Å². The van der Waals surface area contributed by atoms with Crippen LogP contribution in [0.5, 0.6) is 5.75 Å². The van der Waals surface area contributed by atoms with Gasteiger partial charge in [0.1, 0.15) is 11.5 Å². The highest BCUT2D eigenvalue weighted by atomic mass is 16.7. The van der Waals surface area contributed by atoms with Gasteiger partial charge in [0.05, 0.1) is 13.0 Å². The van der Waals surface area contributed by atoms with Crippen molar-refractivity contribution in [1.29, 1.82) is 5.41 Å². The lowest BCUT2D eigenvalue weighted by Gasteiger charge is -2.07. The minimum atomic E-state index is -0.850. The zero-order valence-electron chi connectivity index (χ0n) is 13.4. The Labute approximate surface area is 140 Å². The molecule has 1 aliphatic carbocycles. The van der Waals surface area contributed by atoms with E-state index in [0.717, 1.165) is 5.56 Å². The van der Waals surface area contributed by atoms with Gasteiger partial charge in [-0.2, -0.15) is 0 Å². The van der Waals surface area contributed by atoms with Crippen molar-refractivity contribution in [1.82, 2.24) is 0 Å². The number of hydrogen-bond donors (Lipinski definition) is 1. The lowest BCUT2D eigenvalue weighted by molar-refractivity contribution is -0.142. The van der Waals surface area contributed by atoms with Crippen LogP contribution in [0.25, 0.3) is 0 Å². The molecular weight excluding hydrogens is 310 g/mol. The average Bonchev–Trinajstić information content (AvgIpc) is 2.74. The molecule has 0 spiro atoms. The van der Waals surface area contributed by atoms with E-state index in [1.54, 1.807) is 49.4 Å². The number of hydrogen-bond acceptors (Lipinski definition) is 6. The molecule has 0 radical (unpaired) electrons. The van der Waals surface area contributed by atoms with Gasteiger partial charge in [0.2, 0.25) is 0 Å². The van der Waals surface area contributed by atoms with Gasteiger partial charge in [-0.3, -0.25) is 4.79 Å². The maximum absolute atomic E-state index is 11.8. The smallest absolute Gasteiger partial charge is 0.466 e. The van der Waals surface area contributed by atoms with Crippen LogP contribution in [-0.2, 0) is 20.7 Å². The van der Waals surface area contributed by atoms with Gasteiger partial charge in [0.25, 0.3) is 0 Å². The van der Waals surface area contributed by atoms with Gasteiger partial charge in [-0.1, -0.05) is 12.1 Å². The maximum atomic E-state index is 11.8. The molecule has 0 aliphatic heterocycles. The molecule has 2 rings (SSSR count). The highest BCUT2D eigenvalue weighted by Gasteiger charge is 2.11. The lowest BCUT2D eigenvalue weighted by Crippen LogP contribution is -2.10. The fourth-order valence-corrected chi connectivity index (χ4v) is 2.05. The summed E-state index contributed by atoms with van der Waals surface area (Å²) in [5, 5.41) is 7.55. The molecule has 0 atom stereocenters. The third-order valence-corrected chi connectivity index (χ3v) is 3.19. The van der Waals surface area contributed by atoms with Crippen LogP contribution in [-0.4, -0.2) is 24.4 Å². The van der Waals surface area contributed by atoms with Crippen LogP contribution in [0.3, 0.4) is 0 Å². The number of allylic oxidation sites excluding steroid dienone is 3. The van der Waals surface area contributed by atoms with Crippen molar-refractivity contribution in [2.75, 3.05) is 6.61 Å². The number of carbonyl (C=O) groups excluding carboxylic acids is 2. The monoisotopic (exact) mass is 329 g/mol. The van der Waals surface area contributed by atoms with Crippen molar-refractivity contribution in [3.8, 4) is 5.75 Å². The third kappa shape index (κ3) is 5.72. The van der Waals surface area contributed by atoms with Crippen LogP contribution in [0.15, 0.2) is 48.3 Å². The molecule has 0 heterocycles. The molecule has 126 valence electrons. The van der Waals surface area contributed by atoms with Crippen molar-refractivity contribution < 1.29 is 23.8 Å². The third-order valence-electron chi connectivity index (χ3n) is 3.19. The average molecular weight is 329 g/mol. The normalized spacial score (nSPS) is 13.7. The first kappa shape index (κ1) is 17.5. The van der Waals surface area contributed by atoms with Gasteiger partial charge in [-0.05, 0) is 55.7 Å². The van der Waals surface area contributed by atoms with Crippen LogP contribution in [0.4, 0.5) is 4.79 Å². The van der Waals surface area contributed by atoms with E-state index < -0.39 is 6.16 Å². The Morgan fingerprint density at radius 2 is 1.88 bits per heavy atom. The molecular formula is C18H19NO5. The molecule has 0 unspecified atom stereocenters. The summed E-state index contributed by atoms with van der Waals surface area (Å²) in [6.07, 6.45) is 5.47. The molecule has 0 bridgehead atoms. The Morgan fingerprint density at radius 3 is 2.58 bits per heavy atom. The van der Waals surface area contributed by atoms with E-state index in [9.17, 15) is 9.59 Å². The van der Waals surface area contributed by atoms with E-state index in [2.05, 4.69) is 0 Å². The highest BCUT2D eigenvalue weighted by molar-refractivity contribution is 5.93. The Hall–Kier alpha value is -2.89. The summed E-state index contributed by atoms with van der Waals surface area (Å²) >= 11 is 0. The lowest BCUT2D eigenvalue weighted by atomic mass is 10.1. The molecule has 0 aromatic heterocycles. The maximum Gasteiger partial charge on any atom is 0.519 e. The van der Waals surface area contributed by atoms with Crippen LogP contribution in [0.1, 0.15) is 25.3 Å². The Balaban J connectivity index is 1.87. The van der Waals surface area contributed by atoms with Crippen molar-refractivity contribution in [3.63, 3.8) is 0 Å². The van der Waals surface area contributed by atoms with Crippen molar-refractivity contribution in [2.24, 2.45) is 0 Å². The number of esters is 1. The molecule has 6 nitrogen and oxygen atoms in total. The molecule has 24 heavy (non-hydrogen) atoms. The summed E-state index contributed by atoms with van der Waals surface area (Å²) in [7, 11) is 0. The van der Waals surface area contributed by atoms with Crippen LogP contribution < -0.4 is 4.74 Å². The highest BCUT2D eigenvalue weighted by Crippen LogP contribution is 2.16. The molecule has 0 fully saturated rings. The van der Waals surface area contributed by atoms with Gasteiger partial charge < -0.3 is 19.6 Å². The molecule has 0 saturated heterocycles. The minimum Gasteiger partial charge on any atom is -0.466 e. The molecule has 1 aromatic rings. The first-order valence-corrected chi connectivity index (χ1v) is 7.66.